The molecule has 0 aromatic carbocycles. The number of hydrogen-bond acceptors (Lipinski definition) is 2. The van der Waals surface area contributed by atoms with Crippen molar-refractivity contribution in [3.63, 3.8) is 0 Å². The molecule has 1 amide bonds. The molecular formula is C13H27NO2. The van der Waals surface area contributed by atoms with E-state index in [4.69, 9.17) is 4.74 Å². The average Bonchev–Trinajstić information content (AvgIpc) is 2.08. The largest absolute Gasteiger partial charge is 0.444 e. The number of alkyl carbamates (subject to hydrolysis) is 1. The van der Waals surface area contributed by atoms with Crippen LogP contribution in [0, 0.1) is 11.8 Å². The molecule has 0 radical (unpaired) electrons. The van der Waals surface area contributed by atoms with Crippen LogP contribution in [-0.2, 0) is 4.74 Å². The van der Waals surface area contributed by atoms with E-state index in [1.807, 2.05) is 20.8 Å². The Morgan fingerprint density at radius 2 is 1.88 bits per heavy atom. The van der Waals surface area contributed by atoms with Crippen molar-refractivity contribution in [2.75, 3.05) is 6.54 Å². The number of carbonyl (C=O) groups is 1. The van der Waals surface area contributed by atoms with Crippen LogP contribution in [0.1, 0.15) is 54.4 Å². The van der Waals surface area contributed by atoms with E-state index >= 15 is 0 Å². The molecule has 0 aromatic heterocycles. The molecule has 0 saturated heterocycles. The summed E-state index contributed by atoms with van der Waals surface area (Å²) in [6.45, 7) is 12.9. The lowest BCUT2D eigenvalue weighted by atomic mass is 9.95. The number of ether oxygens (including phenoxy) is 1. The van der Waals surface area contributed by atoms with Gasteiger partial charge in [0.25, 0.3) is 0 Å². The highest BCUT2D eigenvalue weighted by Gasteiger charge is 2.17. The van der Waals surface area contributed by atoms with Gasteiger partial charge in [0, 0.05) is 6.54 Å². The maximum absolute atomic E-state index is 11.4. The second kappa shape index (κ2) is 6.77. The molecule has 1 unspecified atom stereocenters. The standard InChI is InChI=1S/C13H27NO2/c1-7-11(8-10(2)3)9-14-12(15)16-13(4,5)6/h10-11H,7-9H2,1-6H3,(H,14,15). The molecule has 0 fully saturated rings. The number of amides is 1. The molecule has 0 spiro atoms. The maximum atomic E-state index is 11.4. The van der Waals surface area contributed by atoms with E-state index in [9.17, 15) is 4.79 Å². The second-order valence-electron chi connectivity index (χ2n) is 5.79. The first-order valence-corrected chi connectivity index (χ1v) is 6.21. The van der Waals surface area contributed by atoms with Gasteiger partial charge in [-0.1, -0.05) is 27.2 Å². The van der Waals surface area contributed by atoms with Gasteiger partial charge in [-0.3, -0.25) is 0 Å². The molecule has 1 N–H and O–H groups in total. The number of carbonyl (C=O) groups excluding carboxylic acids is 1. The Kier molecular flexibility index (Phi) is 6.46. The summed E-state index contributed by atoms with van der Waals surface area (Å²) in [4.78, 5) is 11.4. The molecule has 0 saturated carbocycles. The molecule has 0 aliphatic carbocycles. The summed E-state index contributed by atoms with van der Waals surface area (Å²) in [5.41, 5.74) is -0.413. The lowest BCUT2D eigenvalue weighted by molar-refractivity contribution is 0.0516. The molecule has 1 atom stereocenters. The molecule has 96 valence electrons. The third-order valence-electron chi connectivity index (χ3n) is 2.32. The summed E-state index contributed by atoms with van der Waals surface area (Å²) in [5.74, 6) is 1.22. The minimum absolute atomic E-state index is 0.310. The van der Waals surface area contributed by atoms with Crippen LogP contribution >= 0.6 is 0 Å². The van der Waals surface area contributed by atoms with E-state index in [2.05, 4.69) is 26.1 Å². The number of rotatable bonds is 5. The quantitative estimate of drug-likeness (QED) is 0.782. The van der Waals surface area contributed by atoms with Crippen molar-refractivity contribution < 1.29 is 9.53 Å². The van der Waals surface area contributed by atoms with Crippen LogP contribution < -0.4 is 5.32 Å². The molecule has 0 aliphatic heterocycles. The van der Waals surface area contributed by atoms with Crippen LogP contribution in [0.25, 0.3) is 0 Å². The first-order valence-electron chi connectivity index (χ1n) is 6.21. The van der Waals surface area contributed by atoms with Crippen molar-refractivity contribution in [2.24, 2.45) is 11.8 Å². The fourth-order valence-corrected chi connectivity index (χ4v) is 1.60. The average molecular weight is 229 g/mol. The van der Waals surface area contributed by atoms with Gasteiger partial charge < -0.3 is 10.1 Å². The van der Waals surface area contributed by atoms with Crippen molar-refractivity contribution in [1.82, 2.24) is 5.32 Å². The Balaban J connectivity index is 3.88. The van der Waals surface area contributed by atoms with Gasteiger partial charge in [-0.2, -0.15) is 0 Å². The lowest BCUT2D eigenvalue weighted by Gasteiger charge is -2.22. The molecule has 16 heavy (non-hydrogen) atoms. The van der Waals surface area contributed by atoms with Crippen LogP contribution in [0.2, 0.25) is 0 Å². The van der Waals surface area contributed by atoms with Crippen LogP contribution in [0.4, 0.5) is 4.79 Å². The van der Waals surface area contributed by atoms with Crippen LogP contribution in [0.5, 0.6) is 0 Å². The summed E-state index contributed by atoms with van der Waals surface area (Å²) < 4.78 is 5.19. The molecule has 0 aliphatic rings. The summed E-state index contributed by atoms with van der Waals surface area (Å²) in [6, 6.07) is 0. The Morgan fingerprint density at radius 1 is 1.31 bits per heavy atom. The Morgan fingerprint density at radius 3 is 2.25 bits per heavy atom. The highest BCUT2D eigenvalue weighted by atomic mass is 16.6. The molecular weight excluding hydrogens is 202 g/mol. The summed E-state index contributed by atoms with van der Waals surface area (Å²) in [6.07, 6.45) is 1.93. The van der Waals surface area contributed by atoms with E-state index in [0.29, 0.717) is 18.4 Å². The monoisotopic (exact) mass is 229 g/mol. The molecule has 0 heterocycles. The topological polar surface area (TPSA) is 38.3 Å². The Labute approximate surface area is 99.9 Å². The van der Waals surface area contributed by atoms with E-state index < -0.39 is 5.60 Å². The molecule has 0 bridgehead atoms. The van der Waals surface area contributed by atoms with Gasteiger partial charge in [0.2, 0.25) is 0 Å². The molecule has 0 aromatic rings. The van der Waals surface area contributed by atoms with Crippen molar-refractivity contribution in [3.8, 4) is 0 Å². The van der Waals surface area contributed by atoms with Crippen LogP contribution in [-0.4, -0.2) is 18.2 Å². The molecule has 0 rings (SSSR count). The van der Waals surface area contributed by atoms with E-state index in [1.54, 1.807) is 0 Å². The Bertz CT molecular complexity index is 206. The highest BCUT2D eigenvalue weighted by molar-refractivity contribution is 5.67. The van der Waals surface area contributed by atoms with Crippen molar-refractivity contribution in [2.45, 2.75) is 60.0 Å². The Hall–Kier alpha value is -0.730. The van der Waals surface area contributed by atoms with Crippen molar-refractivity contribution in [3.05, 3.63) is 0 Å². The maximum Gasteiger partial charge on any atom is 0.407 e. The van der Waals surface area contributed by atoms with Gasteiger partial charge in [0.1, 0.15) is 5.60 Å². The van der Waals surface area contributed by atoms with Crippen molar-refractivity contribution >= 4 is 6.09 Å². The van der Waals surface area contributed by atoms with E-state index in [0.717, 1.165) is 12.8 Å². The van der Waals surface area contributed by atoms with Gasteiger partial charge in [0.15, 0.2) is 0 Å². The first-order chi connectivity index (χ1) is 7.24. The fourth-order valence-electron chi connectivity index (χ4n) is 1.60. The predicted molar refractivity (Wildman–Crippen MR) is 67.5 cm³/mol. The zero-order valence-electron chi connectivity index (χ0n) is 11.6. The van der Waals surface area contributed by atoms with Crippen LogP contribution in [0.15, 0.2) is 0 Å². The predicted octanol–water partition coefficient (Wildman–Crippen LogP) is 3.58. The number of hydrogen-bond donors (Lipinski definition) is 1. The highest BCUT2D eigenvalue weighted by Crippen LogP contribution is 2.14. The fraction of sp³-hybridized carbons (Fsp3) is 0.923. The summed E-state index contributed by atoms with van der Waals surface area (Å²) in [7, 11) is 0. The summed E-state index contributed by atoms with van der Waals surface area (Å²) >= 11 is 0. The van der Waals surface area contributed by atoms with Gasteiger partial charge in [-0.05, 0) is 39.0 Å². The second-order valence-corrected chi connectivity index (χ2v) is 5.79. The van der Waals surface area contributed by atoms with Gasteiger partial charge in [-0.15, -0.1) is 0 Å². The SMILES string of the molecule is CCC(CNC(=O)OC(C)(C)C)CC(C)C. The normalized spacial score (nSPS) is 13.7. The minimum Gasteiger partial charge on any atom is -0.444 e. The third kappa shape index (κ3) is 8.57. The van der Waals surface area contributed by atoms with Crippen molar-refractivity contribution in [1.29, 1.82) is 0 Å². The number of nitrogens with one attached hydrogen (secondary N) is 1. The zero-order chi connectivity index (χ0) is 12.8. The lowest BCUT2D eigenvalue weighted by Crippen LogP contribution is -2.35. The third-order valence-corrected chi connectivity index (χ3v) is 2.32. The minimum atomic E-state index is -0.413. The van der Waals surface area contributed by atoms with Gasteiger partial charge in [0.05, 0.1) is 0 Å². The van der Waals surface area contributed by atoms with E-state index in [1.165, 1.54) is 0 Å². The van der Waals surface area contributed by atoms with E-state index in [-0.39, 0.29) is 6.09 Å². The first kappa shape index (κ1) is 15.3. The van der Waals surface area contributed by atoms with Gasteiger partial charge in [-0.25, -0.2) is 4.79 Å². The van der Waals surface area contributed by atoms with Crippen LogP contribution in [0.3, 0.4) is 0 Å². The van der Waals surface area contributed by atoms with Gasteiger partial charge >= 0.3 is 6.09 Å². The molecule has 3 nitrogen and oxygen atoms in total. The summed E-state index contributed by atoms with van der Waals surface area (Å²) in [5, 5.41) is 2.83. The molecule has 3 heteroatoms. The smallest absolute Gasteiger partial charge is 0.407 e. The zero-order valence-corrected chi connectivity index (χ0v) is 11.6.